The van der Waals surface area contributed by atoms with Crippen LogP contribution in [-0.4, -0.2) is 41.8 Å². The molecule has 0 amide bonds. The molecule has 0 saturated heterocycles. The van der Waals surface area contributed by atoms with Crippen LogP contribution in [0.4, 0.5) is 8.78 Å². The van der Waals surface area contributed by atoms with Crippen molar-refractivity contribution >= 4 is 11.8 Å². The first-order valence-corrected chi connectivity index (χ1v) is 6.95. The Labute approximate surface area is 108 Å². The first-order valence-electron chi connectivity index (χ1n) is 5.56. The second kappa shape index (κ2) is 8.39. The van der Waals surface area contributed by atoms with Gasteiger partial charge in [-0.2, -0.15) is 16.7 Å². The van der Waals surface area contributed by atoms with E-state index in [0.29, 0.717) is 18.1 Å². The highest BCUT2D eigenvalue weighted by Gasteiger charge is 2.14. The van der Waals surface area contributed by atoms with E-state index in [-0.39, 0.29) is 12.6 Å². The van der Waals surface area contributed by atoms with Crippen molar-refractivity contribution in [3.8, 4) is 0 Å². The molecule has 0 aliphatic rings. The van der Waals surface area contributed by atoms with Gasteiger partial charge in [-0.05, 0) is 18.4 Å². The Morgan fingerprint density at radius 1 is 1.50 bits per heavy atom. The van der Waals surface area contributed by atoms with Crippen LogP contribution in [0.1, 0.15) is 24.2 Å². The SMILES string of the molecule is CSCC[C@H](N)c1nc(CCOCC(F)F)no1. The Morgan fingerprint density at radius 2 is 2.28 bits per heavy atom. The van der Waals surface area contributed by atoms with E-state index in [0.717, 1.165) is 12.2 Å². The number of nitrogens with two attached hydrogens (primary N) is 1. The van der Waals surface area contributed by atoms with Crippen LogP contribution in [0.2, 0.25) is 0 Å². The Morgan fingerprint density at radius 3 is 2.94 bits per heavy atom. The molecule has 0 aromatic carbocycles. The Bertz CT molecular complexity index is 339. The number of thioether (sulfide) groups is 1. The molecule has 0 bridgehead atoms. The van der Waals surface area contributed by atoms with E-state index in [1.807, 2.05) is 6.26 Å². The Kier molecular flexibility index (Phi) is 7.14. The van der Waals surface area contributed by atoms with Gasteiger partial charge < -0.3 is 15.0 Å². The molecule has 0 aliphatic heterocycles. The maximum absolute atomic E-state index is 11.8. The first-order chi connectivity index (χ1) is 8.63. The summed E-state index contributed by atoms with van der Waals surface area (Å²) in [4.78, 5) is 4.10. The molecular formula is C10H17F2N3O2S. The predicted octanol–water partition coefficient (Wildman–Crippen LogP) is 1.65. The molecule has 1 atom stereocenters. The highest BCUT2D eigenvalue weighted by molar-refractivity contribution is 7.98. The monoisotopic (exact) mass is 281 g/mol. The minimum Gasteiger partial charge on any atom is -0.375 e. The number of aromatic nitrogens is 2. The minimum absolute atomic E-state index is 0.142. The third-order valence-corrected chi connectivity index (χ3v) is 2.79. The smallest absolute Gasteiger partial charge is 0.261 e. The van der Waals surface area contributed by atoms with Crippen LogP contribution >= 0.6 is 11.8 Å². The Hall–Kier alpha value is -0.730. The van der Waals surface area contributed by atoms with E-state index in [4.69, 9.17) is 15.0 Å². The van der Waals surface area contributed by atoms with Crippen LogP contribution in [0.25, 0.3) is 0 Å². The van der Waals surface area contributed by atoms with Crippen LogP contribution in [0.3, 0.4) is 0 Å². The van der Waals surface area contributed by atoms with Crippen molar-refractivity contribution in [3.63, 3.8) is 0 Å². The van der Waals surface area contributed by atoms with Crippen LogP contribution in [0, 0.1) is 0 Å². The zero-order chi connectivity index (χ0) is 13.4. The standard InChI is InChI=1S/C10H17F2N3O2S/c1-18-5-3-7(13)10-14-9(15-17-10)2-4-16-6-8(11)12/h7-8H,2-6,13H2,1H3/t7-/m0/s1. The summed E-state index contributed by atoms with van der Waals surface area (Å²) >= 11 is 1.69. The van der Waals surface area contributed by atoms with E-state index in [9.17, 15) is 8.78 Å². The van der Waals surface area contributed by atoms with Gasteiger partial charge in [0.05, 0.1) is 12.6 Å². The number of ether oxygens (including phenoxy) is 1. The fourth-order valence-corrected chi connectivity index (χ4v) is 1.71. The molecule has 18 heavy (non-hydrogen) atoms. The molecule has 0 radical (unpaired) electrons. The first kappa shape index (κ1) is 15.3. The number of rotatable bonds is 9. The lowest BCUT2D eigenvalue weighted by molar-refractivity contribution is 0.0182. The number of halogens is 2. The van der Waals surface area contributed by atoms with Gasteiger partial charge in [0.25, 0.3) is 6.43 Å². The second-order valence-electron chi connectivity index (χ2n) is 3.65. The van der Waals surface area contributed by atoms with Gasteiger partial charge in [-0.3, -0.25) is 0 Å². The van der Waals surface area contributed by atoms with Crippen molar-refractivity contribution < 1.29 is 18.0 Å². The van der Waals surface area contributed by atoms with E-state index in [1.54, 1.807) is 11.8 Å². The number of hydrogen-bond donors (Lipinski definition) is 1. The molecule has 1 aromatic heterocycles. The molecule has 0 fully saturated rings. The van der Waals surface area contributed by atoms with E-state index >= 15 is 0 Å². The molecule has 2 N–H and O–H groups in total. The highest BCUT2D eigenvalue weighted by atomic mass is 32.2. The zero-order valence-corrected chi connectivity index (χ0v) is 11.0. The van der Waals surface area contributed by atoms with Crippen molar-refractivity contribution in [2.24, 2.45) is 5.73 Å². The fraction of sp³-hybridized carbons (Fsp3) is 0.800. The summed E-state index contributed by atoms with van der Waals surface area (Å²) < 4.78 is 33.3. The highest BCUT2D eigenvalue weighted by Crippen LogP contribution is 2.14. The summed E-state index contributed by atoms with van der Waals surface area (Å²) in [5, 5.41) is 3.72. The summed E-state index contributed by atoms with van der Waals surface area (Å²) in [7, 11) is 0. The van der Waals surface area contributed by atoms with E-state index in [1.165, 1.54) is 0 Å². The summed E-state index contributed by atoms with van der Waals surface area (Å²) in [5.41, 5.74) is 5.85. The van der Waals surface area contributed by atoms with Gasteiger partial charge in [-0.1, -0.05) is 5.16 Å². The molecule has 104 valence electrons. The lowest BCUT2D eigenvalue weighted by Gasteiger charge is -2.03. The normalized spacial score (nSPS) is 13.2. The van der Waals surface area contributed by atoms with Gasteiger partial charge >= 0.3 is 0 Å². The number of nitrogens with zero attached hydrogens (tertiary/aromatic N) is 2. The van der Waals surface area contributed by atoms with Gasteiger partial charge in [-0.25, -0.2) is 8.78 Å². The van der Waals surface area contributed by atoms with Crippen molar-refractivity contribution in [1.82, 2.24) is 10.1 Å². The van der Waals surface area contributed by atoms with Gasteiger partial charge in [0.15, 0.2) is 5.82 Å². The van der Waals surface area contributed by atoms with Crippen molar-refractivity contribution in [2.75, 3.05) is 25.2 Å². The van der Waals surface area contributed by atoms with Crippen molar-refractivity contribution in [3.05, 3.63) is 11.7 Å². The summed E-state index contributed by atoms with van der Waals surface area (Å²) in [5.74, 6) is 1.72. The Balaban J connectivity index is 2.29. The van der Waals surface area contributed by atoms with Crippen molar-refractivity contribution in [1.29, 1.82) is 0 Å². The molecule has 1 rings (SSSR count). The lowest BCUT2D eigenvalue weighted by atomic mass is 10.2. The molecular weight excluding hydrogens is 264 g/mol. The van der Waals surface area contributed by atoms with Crippen LogP contribution in [0.5, 0.6) is 0 Å². The number of hydrogen-bond acceptors (Lipinski definition) is 6. The van der Waals surface area contributed by atoms with Crippen molar-refractivity contribution in [2.45, 2.75) is 25.3 Å². The van der Waals surface area contributed by atoms with Gasteiger partial charge in [0.1, 0.15) is 6.61 Å². The summed E-state index contributed by atoms with van der Waals surface area (Å²) in [6.45, 7) is -0.429. The second-order valence-corrected chi connectivity index (χ2v) is 4.64. The van der Waals surface area contributed by atoms with Gasteiger partial charge in [0.2, 0.25) is 5.89 Å². The van der Waals surface area contributed by atoms with Crippen LogP contribution in [-0.2, 0) is 11.2 Å². The largest absolute Gasteiger partial charge is 0.375 e. The fourth-order valence-electron chi connectivity index (χ4n) is 1.22. The third-order valence-electron chi connectivity index (χ3n) is 2.15. The summed E-state index contributed by atoms with van der Waals surface area (Å²) in [6, 6.07) is -0.277. The van der Waals surface area contributed by atoms with Crippen LogP contribution in [0.15, 0.2) is 4.52 Å². The van der Waals surface area contributed by atoms with Gasteiger partial charge in [-0.15, -0.1) is 0 Å². The average molecular weight is 281 g/mol. The van der Waals surface area contributed by atoms with Gasteiger partial charge in [0, 0.05) is 6.42 Å². The molecule has 8 heteroatoms. The minimum atomic E-state index is -2.45. The molecule has 0 aliphatic carbocycles. The van der Waals surface area contributed by atoms with E-state index in [2.05, 4.69) is 10.1 Å². The predicted molar refractivity (Wildman–Crippen MR) is 64.8 cm³/mol. The summed E-state index contributed by atoms with van der Waals surface area (Å²) in [6.07, 6.45) is 0.633. The molecule has 0 spiro atoms. The van der Waals surface area contributed by atoms with Crippen LogP contribution < -0.4 is 5.73 Å². The van der Waals surface area contributed by atoms with E-state index < -0.39 is 13.0 Å². The average Bonchev–Trinajstić information content (AvgIpc) is 2.80. The maximum Gasteiger partial charge on any atom is 0.261 e. The topological polar surface area (TPSA) is 74.2 Å². The molecule has 0 saturated carbocycles. The molecule has 0 unspecified atom stereocenters. The quantitative estimate of drug-likeness (QED) is 0.694. The lowest BCUT2D eigenvalue weighted by Crippen LogP contribution is -2.12. The molecule has 1 heterocycles. The molecule has 5 nitrogen and oxygen atoms in total. The molecule has 1 aromatic rings. The third kappa shape index (κ3) is 5.74. The number of alkyl halides is 2. The zero-order valence-electron chi connectivity index (χ0n) is 10.1. The maximum atomic E-state index is 11.8.